The van der Waals surface area contributed by atoms with Gasteiger partial charge in [0.2, 0.25) is 11.8 Å². The van der Waals surface area contributed by atoms with E-state index in [1.165, 1.54) is 0 Å². The van der Waals surface area contributed by atoms with Crippen LogP contribution in [-0.4, -0.2) is 33.7 Å². The van der Waals surface area contributed by atoms with E-state index in [1.807, 2.05) is 0 Å². The first-order chi connectivity index (χ1) is 9.08. The zero-order chi connectivity index (χ0) is 14.1. The largest absolute Gasteiger partial charge is 0.481 e. The number of rotatable bonds is 9. The summed E-state index contributed by atoms with van der Waals surface area (Å²) in [5.41, 5.74) is 0. The molecule has 0 spiro atoms. The Morgan fingerprint density at radius 1 is 1.26 bits per heavy atom. The lowest BCUT2D eigenvalue weighted by molar-refractivity contribution is -0.137. The molecule has 0 fully saturated rings. The van der Waals surface area contributed by atoms with Gasteiger partial charge in [0, 0.05) is 25.8 Å². The first-order valence-electron chi connectivity index (χ1n) is 6.35. The standard InChI is InChI=1S/C12H19N3O4/c1-9-14-11(19-15-9)7-6-10(16)13-8-4-2-3-5-12(17)18/h2-8H2,1H3,(H,13,16)(H,17,18). The normalized spacial score (nSPS) is 10.4. The molecule has 0 unspecified atom stereocenters. The van der Waals surface area contributed by atoms with Gasteiger partial charge >= 0.3 is 5.97 Å². The van der Waals surface area contributed by atoms with Crippen molar-refractivity contribution < 1.29 is 19.2 Å². The number of carboxylic acids is 1. The van der Waals surface area contributed by atoms with E-state index in [0.717, 1.165) is 12.8 Å². The van der Waals surface area contributed by atoms with Gasteiger partial charge in [0.25, 0.3) is 0 Å². The number of aryl methyl sites for hydroxylation is 2. The van der Waals surface area contributed by atoms with Crippen LogP contribution >= 0.6 is 0 Å². The summed E-state index contributed by atoms with van der Waals surface area (Å²) in [4.78, 5) is 25.7. The van der Waals surface area contributed by atoms with Crippen molar-refractivity contribution in [3.8, 4) is 0 Å². The molecular weight excluding hydrogens is 250 g/mol. The summed E-state index contributed by atoms with van der Waals surface area (Å²) in [6.07, 6.45) is 3.17. The van der Waals surface area contributed by atoms with Crippen LogP contribution in [0, 0.1) is 6.92 Å². The molecule has 1 rings (SSSR count). The molecule has 0 radical (unpaired) electrons. The summed E-state index contributed by atoms with van der Waals surface area (Å²) < 4.78 is 4.90. The maximum Gasteiger partial charge on any atom is 0.303 e. The van der Waals surface area contributed by atoms with Crippen LogP contribution in [0.15, 0.2) is 4.52 Å². The Balaban J connectivity index is 2.00. The van der Waals surface area contributed by atoms with Crippen LogP contribution < -0.4 is 5.32 Å². The second-order valence-corrected chi connectivity index (χ2v) is 4.29. The van der Waals surface area contributed by atoms with E-state index in [1.54, 1.807) is 6.92 Å². The van der Waals surface area contributed by atoms with Crippen LogP contribution in [0.4, 0.5) is 0 Å². The van der Waals surface area contributed by atoms with Gasteiger partial charge in [-0.15, -0.1) is 0 Å². The molecule has 0 aliphatic heterocycles. The van der Waals surface area contributed by atoms with Gasteiger partial charge in [-0.05, 0) is 19.8 Å². The van der Waals surface area contributed by atoms with Crippen LogP contribution in [0.3, 0.4) is 0 Å². The van der Waals surface area contributed by atoms with Gasteiger partial charge < -0.3 is 14.9 Å². The lowest BCUT2D eigenvalue weighted by Gasteiger charge is -2.03. The summed E-state index contributed by atoms with van der Waals surface area (Å²) >= 11 is 0. The SMILES string of the molecule is Cc1noc(CCC(=O)NCCCCCC(=O)O)n1. The molecule has 7 heteroatoms. The van der Waals surface area contributed by atoms with Crippen molar-refractivity contribution in [2.45, 2.75) is 45.4 Å². The Morgan fingerprint density at radius 2 is 2.05 bits per heavy atom. The minimum Gasteiger partial charge on any atom is -0.481 e. The van der Waals surface area contributed by atoms with Gasteiger partial charge in [-0.3, -0.25) is 9.59 Å². The molecule has 0 saturated heterocycles. The molecule has 7 nitrogen and oxygen atoms in total. The second kappa shape index (κ2) is 8.23. The van der Waals surface area contributed by atoms with Crippen LogP contribution in [0.1, 0.15) is 43.8 Å². The molecule has 0 bridgehead atoms. The molecule has 2 N–H and O–H groups in total. The third-order valence-electron chi connectivity index (χ3n) is 2.53. The van der Waals surface area contributed by atoms with E-state index in [0.29, 0.717) is 37.5 Å². The topological polar surface area (TPSA) is 105 Å². The van der Waals surface area contributed by atoms with E-state index >= 15 is 0 Å². The highest BCUT2D eigenvalue weighted by molar-refractivity contribution is 5.75. The van der Waals surface area contributed by atoms with E-state index in [4.69, 9.17) is 9.63 Å². The Kier molecular flexibility index (Phi) is 6.56. The van der Waals surface area contributed by atoms with Gasteiger partial charge in [-0.25, -0.2) is 0 Å². The quantitative estimate of drug-likeness (QED) is 0.650. The van der Waals surface area contributed by atoms with Gasteiger partial charge in [-0.1, -0.05) is 11.6 Å². The van der Waals surface area contributed by atoms with Crippen molar-refractivity contribution in [2.24, 2.45) is 0 Å². The Bertz CT molecular complexity index is 417. The predicted molar refractivity (Wildman–Crippen MR) is 66.5 cm³/mol. The van der Waals surface area contributed by atoms with Gasteiger partial charge in [0.1, 0.15) is 0 Å². The Hall–Kier alpha value is -1.92. The Labute approximate surface area is 111 Å². The van der Waals surface area contributed by atoms with Crippen LogP contribution in [0.25, 0.3) is 0 Å². The number of unbranched alkanes of at least 4 members (excludes halogenated alkanes) is 2. The minimum atomic E-state index is -0.779. The molecule has 1 aromatic rings. The molecule has 19 heavy (non-hydrogen) atoms. The molecular formula is C12H19N3O4. The molecule has 1 heterocycles. The average Bonchev–Trinajstić information content (AvgIpc) is 2.76. The molecule has 0 aliphatic carbocycles. The zero-order valence-corrected chi connectivity index (χ0v) is 11.0. The molecule has 0 atom stereocenters. The fourth-order valence-corrected chi connectivity index (χ4v) is 1.56. The summed E-state index contributed by atoms with van der Waals surface area (Å²) in [5, 5.41) is 14.9. The van der Waals surface area contributed by atoms with E-state index in [9.17, 15) is 9.59 Å². The van der Waals surface area contributed by atoms with Crippen molar-refractivity contribution >= 4 is 11.9 Å². The third-order valence-corrected chi connectivity index (χ3v) is 2.53. The molecule has 0 aromatic carbocycles. The number of carbonyl (C=O) groups is 2. The number of aliphatic carboxylic acids is 1. The van der Waals surface area contributed by atoms with Crippen molar-refractivity contribution in [1.82, 2.24) is 15.5 Å². The molecule has 1 amide bonds. The van der Waals surface area contributed by atoms with E-state index in [2.05, 4.69) is 15.5 Å². The van der Waals surface area contributed by atoms with E-state index in [-0.39, 0.29) is 12.3 Å². The van der Waals surface area contributed by atoms with Crippen molar-refractivity contribution in [1.29, 1.82) is 0 Å². The summed E-state index contributed by atoms with van der Waals surface area (Å²) in [6.45, 7) is 2.30. The Morgan fingerprint density at radius 3 is 2.68 bits per heavy atom. The van der Waals surface area contributed by atoms with Crippen LogP contribution in [-0.2, 0) is 16.0 Å². The first-order valence-corrected chi connectivity index (χ1v) is 6.35. The maximum atomic E-state index is 11.5. The number of nitrogens with zero attached hydrogens (tertiary/aromatic N) is 2. The number of aromatic nitrogens is 2. The highest BCUT2D eigenvalue weighted by Crippen LogP contribution is 2.01. The van der Waals surface area contributed by atoms with Crippen LogP contribution in [0.2, 0.25) is 0 Å². The number of amides is 1. The summed E-state index contributed by atoms with van der Waals surface area (Å²) in [5.74, 6) is 0.191. The van der Waals surface area contributed by atoms with Gasteiger partial charge in [0.15, 0.2) is 5.82 Å². The third kappa shape index (κ3) is 7.17. The molecule has 0 saturated carbocycles. The number of hydrogen-bond donors (Lipinski definition) is 2. The number of carboxylic acid groups (broad SMARTS) is 1. The smallest absolute Gasteiger partial charge is 0.303 e. The fourth-order valence-electron chi connectivity index (χ4n) is 1.56. The number of carbonyl (C=O) groups excluding carboxylic acids is 1. The number of nitrogens with one attached hydrogen (secondary N) is 1. The number of hydrogen-bond acceptors (Lipinski definition) is 5. The summed E-state index contributed by atoms with van der Waals surface area (Å²) in [6, 6.07) is 0. The van der Waals surface area contributed by atoms with Crippen molar-refractivity contribution in [3.63, 3.8) is 0 Å². The van der Waals surface area contributed by atoms with Gasteiger partial charge in [-0.2, -0.15) is 4.98 Å². The zero-order valence-electron chi connectivity index (χ0n) is 11.0. The lowest BCUT2D eigenvalue weighted by atomic mass is 10.2. The maximum absolute atomic E-state index is 11.5. The van der Waals surface area contributed by atoms with E-state index < -0.39 is 5.97 Å². The minimum absolute atomic E-state index is 0.0610. The summed E-state index contributed by atoms with van der Waals surface area (Å²) in [7, 11) is 0. The lowest BCUT2D eigenvalue weighted by Crippen LogP contribution is -2.24. The average molecular weight is 269 g/mol. The highest BCUT2D eigenvalue weighted by atomic mass is 16.5. The molecule has 106 valence electrons. The second-order valence-electron chi connectivity index (χ2n) is 4.29. The van der Waals surface area contributed by atoms with Crippen molar-refractivity contribution in [3.05, 3.63) is 11.7 Å². The molecule has 1 aromatic heterocycles. The first kappa shape index (κ1) is 15.1. The van der Waals surface area contributed by atoms with Gasteiger partial charge in [0.05, 0.1) is 0 Å². The predicted octanol–water partition coefficient (Wildman–Crippen LogP) is 1.07. The van der Waals surface area contributed by atoms with Crippen LogP contribution in [0.5, 0.6) is 0 Å². The highest BCUT2D eigenvalue weighted by Gasteiger charge is 2.06. The monoisotopic (exact) mass is 269 g/mol. The fraction of sp³-hybridized carbons (Fsp3) is 0.667. The van der Waals surface area contributed by atoms with Crippen molar-refractivity contribution in [2.75, 3.05) is 6.54 Å². The molecule has 0 aliphatic rings.